The van der Waals surface area contributed by atoms with Gasteiger partial charge < -0.3 is 15.4 Å². The molecule has 0 aromatic heterocycles. The lowest BCUT2D eigenvalue weighted by atomic mass is 10.2. The Morgan fingerprint density at radius 2 is 2.21 bits per heavy atom. The van der Waals surface area contributed by atoms with E-state index in [2.05, 4.69) is 10.6 Å². The number of rotatable bonds is 8. The average molecular weight is 285 g/mol. The summed E-state index contributed by atoms with van der Waals surface area (Å²) in [7, 11) is 1.63. The van der Waals surface area contributed by atoms with Gasteiger partial charge in [0.25, 0.3) is 0 Å². The van der Waals surface area contributed by atoms with Crippen LogP contribution in [0.15, 0.2) is 18.2 Å². The predicted molar refractivity (Wildman–Crippen MR) is 77.6 cm³/mol. The van der Waals surface area contributed by atoms with Crippen molar-refractivity contribution in [3.63, 3.8) is 0 Å². The summed E-state index contributed by atoms with van der Waals surface area (Å²) in [5, 5.41) is 6.52. The van der Waals surface area contributed by atoms with Gasteiger partial charge >= 0.3 is 0 Å². The molecule has 0 atom stereocenters. The molecule has 4 nitrogen and oxygen atoms in total. The minimum Gasteiger partial charge on any atom is -0.493 e. The highest BCUT2D eigenvalue weighted by atomic mass is 35.5. The topological polar surface area (TPSA) is 50.4 Å². The Hall–Kier alpha value is -1.26. The highest BCUT2D eigenvalue weighted by Crippen LogP contribution is 2.26. The fourth-order valence-corrected chi connectivity index (χ4v) is 1.87. The number of amides is 1. The predicted octanol–water partition coefficient (Wildman–Crippen LogP) is 2.35. The van der Waals surface area contributed by atoms with Crippen LogP contribution in [-0.4, -0.2) is 26.1 Å². The summed E-state index contributed by atoms with van der Waals surface area (Å²) in [5.41, 5.74) is 0.964. The first-order valence-corrected chi connectivity index (χ1v) is 6.88. The molecule has 0 bridgehead atoms. The summed E-state index contributed by atoms with van der Waals surface area (Å²) < 4.78 is 5.71. The zero-order chi connectivity index (χ0) is 14.1. The van der Waals surface area contributed by atoms with Gasteiger partial charge in [-0.15, -0.1) is 0 Å². The Morgan fingerprint density at radius 3 is 2.89 bits per heavy atom. The van der Waals surface area contributed by atoms with Crippen molar-refractivity contribution in [3.8, 4) is 5.75 Å². The van der Waals surface area contributed by atoms with Crippen molar-refractivity contribution in [2.24, 2.45) is 0 Å². The Balaban J connectivity index is 2.52. The van der Waals surface area contributed by atoms with E-state index in [9.17, 15) is 4.79 Å². The monoisotopic (exact) mass is 284 g/mol. The molecule has 0 aliphatic heterocycles. The molecule has 0 aliphatic carbocycles. The van der Waals surface area contributed by atoms with E-state index in [4.69, 9.17) is 16.3 Å². The van der Waals surface area contributed by atoms with E-state index in [1.165, 1.54) is 0 Å². The molecule has 106 valence electrons. The third-order valence-corrected chi connectivity index (χ3v) is 3.07. The molecule has 1 rings (SSSR count). The average Bonchev–Trinajstić information content (AvgIpc) is 2.42. The summed E-state index contributed by atoms with van der Waals surface area (Å²) >= 11 is 6.17. The summed E-state index contributed by atoms with van der Waals surface area (Å²) in [6, 6.07) is 5.62. The molecule has 2 N–H and O–H groups in total. The van der Waals surface area contributed by atoms with Gasteiger partial charge in [0.2, 0.25) is 5.91 Å². The Labute approximate surface area is 119 Å². The van der Waals surface area contributed by atoms with Gasteiger partial charge in [0.05, 0.1) is 6.61 Å². The zero-order valence-corrected chi connectivity index (χ0v) is 12.2. The lowest BCUT2D eigenvalue weighted by Crippen LogP contribution is -2.18. The minimum absolute atomic E-state index is 0.0302. The number of carbonyl (C=O) groups is 1. The second kappa shape index (κ2) is 8.77. The summed E-state index contributed by atoms with van der Waals surface area (Å²) in [4.78, 5) is 11.1. The van der Waals surface area contributed by atoms with E-state index in [-0.39, 0.29) is 5.91 Å². The molecule has 0 heterocycles. The van der Waals surface area contributed by atoms with Crippen LogP contribution in [0.2, 0.25) is 5.02 Å². The van der Waals surface area contributed by atoms with Gasteiger partial charge in [-0.2, -0.15) is 0 Å². The lowest BCUT2D eigenvalue weighted by molar-refractivity contribution is -0.120. The second-order valence-electron chi connectivity index (χ2n) is 4.12. The van der Waals surface area contributed by atoms with Gasteiger partial charge in [0, 0.05) is 30.6 Å². The molecule has 0 spiro atoms. The fraction of sp³-hybridized carbons (Fsp3) is 0.500. The number of carbonyl (C=O) groups excluding carboxylic acids is 1. The second-order valence-corrected chi connectivity index (χ2v) is 4.53. The fourth-order valence-electron chi connectivity index (χ4n) is 1.64. The molecule has 0 unspecified atom stereocenters. The van der Waals surface area contributed by atoms with E-state index < -0.39 is 0 Å². The van der Waals surface area contributed by atoms with Crippen LogP contribution in [0.1, 0.15) is 25.3 Å². The number of halogens is 1. The third kappa shape index (κ3) is 5.49. The van der Waals surface area contributed by atoms with Gasteiger partial charge in [-0.1, -0.05) is 24.6 Å². The summed E-state index contributed by atoms with van der Waals surface area (Å²) in [6.07, 6.45) is 1.16. The van der Waals surface area contributed by atoms with E-state index in [1.807, 2.05) is 25.1 Å². The van der Waals surface area contributed by atoms with Crippen molar-refractivity contribution in [1.82, 2.24) is 10.6 Å². The normalized spacial score (nSPS) is 10.3. The van der Waals surface area contributed by atoms with Crippen LogP contribution < -0.4 is 15.4 Å². The van der Waals surface area contributed by atoms with E-state index in [0.29, 0.717) is 31.0 Å². The van der Waals surface area contributed by atoms with Crippen molar-refractivity contribution in [2.45, 2.75) is 26.3 Å². The quantitative estimate of drug-likeness (QED) is 0.721. The first-order chi connectivity index (χ1) is 9.19. The lowest BCUT2D eigenvalue weighted by Gasteiger charge is -2.13. The maximum atomic E-state index is 11.1. The molecule has 0 saturated carbocycles. The van der Waals surface area contributed by atoms with Crippen LogP contribution in [0.4, 0.5) is 0 Å². The van der Waals surface area contributed by atoms with Crippen LogP contribution in [0.25, 0.3) is 0 Å². The van der Waals surface area contributed by atoms with E-state index >= 15 is 0 Å². The molecule has 0 fully saturated rings. The Kier molecular flexibility index (Phi) is 7.30. The van der Waals surface area contributed by atoms with Crippen molar-refractivity contribution >= 4 is 17.5 Å². The van der Waals surface area contributed by atoms with Gasteiger partial charge in [0.15, 0.2) is 0 Å². The Bertz CT molecular complexity index is 410. The molecule has 0 saturated heterocycles. The van der Waals surface area contributed by atoms with E-state index in [0.717, 1.165) is 17.9 Å². The number of nitrogens with one attached hydrogen (secondary N) is 2. The van der Waals surface area contributed by atoms with Crippen molar-refractivity contribution < 1.29 is 9.53 Å². The summed E-state index contributed by atoms with van der Waals surface area (Å²) in [5.74, 6) is 0.813. The van der Waals surface area contributed by atoms with Crippen molar-refractivity contribution in [3.05, 3.63) is 28.8 Å². The van der Waals surface area contributed by atoms with Crippen LogP contribution in [0.3, 0.4) is 0 Å². The molecular formula is C14H21ClN2O2. The van der Waals surface area contributed by atoms with Crippen LogP contribution >= 0.6 is 11.6 Å². The van der Waals surface area contributed by atoms with Crippen LogP contribution in [0, 0.1) is 0 Å². The molecule has 1 amide bonds. The number of ether oxygens (including phenoxy) is 1. The first-order valence-electron chi connectivity index (χ1n) is 6.50. The number of hydrogen-bond acceptors (Lipinski definition) is 3. The van der Waals surface area contributed by atoms with Gasteiger partial charge in [-0.25, -0.2) is 0 Å². The standard InChI is InChI=1S/C14H21ClN2O2/c1-3-17-10-11-12(15)6-4-7-13(11)19-9-5-8-14(18)16-2/h4,6-7,17H,3,5,8-10H2,1-2H3,(H,16,18). The molecule has 19 heavy (non-hydrogen) atoms. The number of benzene rings is 1. The SMILES string of the molecule is CCNCc1c(Cl)cccc1OCCCC(=O)NC. The molecule has 0 aliphatic rings. The third-order valence-electron chi connectivity index (χ3n) is 2.71. The van der Waals surface area contributed by atoms with Gasteiger partial charge in [-0.05, 0) is 25.1 Å². The maximum Gasteiger partial charge on any atom is 0.219 e. The van der Waals surface area contributed by atoms with Gasteiger partial charge in [-0.3, -0.25) is 4.79 Å². The van der Waals surface area contributed by atoms with Crippen molar-refractivity contribution in [1.29, 1.82) is 0 Å². The molecule has 1 aromatic rings. The summed E-state index contributed by atoms with van der Waals surface area (Å²) in [6.45, 7) is 4.11. The largest absolute Gasteiger partial charge is 0.493 e. The first kappa shape index (κ1) is 15.8. The van der Waals surface area contributed by atoms with E-state index in [1.54, 1.807) is 7.05 Å². The Morgan fingerprint density at radius 1 is 1.42 bits per heavy atom. The highest BCUT2D eigenvalue weighted by molar-refractivity contribution is 6.31. The zero-order valence-electron chi connectivity index (χ0n) is 11.5. The molecule has 5 heteroatoms. The molecular weight excluding hydrogens is 264 g/mol. The van der Waals surface area contributed by atoms with Crippen molar-refractivity contribution in [2.75, 3.05) is 20.2 Å². The molecule has 1 aromatic carbocycles. The van der Waals surface area contributed by atoms with Crippen LogP contribution in [0.5, 0.6) is 5.75 Å². The minimum atomic E-state index is 0.0302. The smallest absolute Gasteiger partial charge is 0.219 e. The highest BCUT2D eigenvalue weighted by Gasteiger charge is 2.08. The number of hydrogen-bond donors (Lipinski definition) is 2. The maximum absolute atomic E-state index is 11.1. The van der Waals surface area contributed by atoms with Gasteiger partial charge in [0.1, 0.15) is 5.75 Å². The molecule has 0 radical (unpaired) electrons. The van der Waals surface area contributed by atoms with Crippen LogP contribution in [-0.2, 0) is 11.3 Å².